The highest BCUT2D eigenvalue weighted by atomic mass is 35.5. The minimum Gasteiger partial charge on any atom is -0.369 e. The van der Waals surface area contributed by atoms with Gasteiger partial charge in [-0.3, -0.25) is 9.59 Å². The fourth-order valence-corrected chi connectivity index (χ4v) is 10.00. The molecule has 0 aromatic heterocycles. The number of benzene rings is 1. The van der Waals surface area contributed by atoms with Crippen LogP contribution in [-0.4, -0.2) is 31.8 Å². The number of nitrogens with two attached hydrogens (primary N) is 1. The number of halogens is 2. The van der Waals surface area contributed by atoms with Crippen LogP contribution in [0.4, 0.5) is 0 Å². The standard InChI is InChI=1S/C24H31Cl2N3O4S/c25-17-5-4-6-18(26)20(17)34(32,33)29-24(7-2-1-3-8-24)22(31)28-19-15-9-14-10-16(19)13-23(11-14,12-15)21(27)30/h4-6,14-16,19,29H,1-3,7-13H2,(H2,27,30)(H,28,31). The monoisotopic (exact) mass is 527 g/mol. The van der Waals surface area contributed by atoms with E-state index in [1.165, 1.54) is 12.1 Å². The first kappa shape index (κ1) is 24.3. The molecule has 2 amide bonds. The quantitative estimate of drug-likeness (QED) is 0.521. The maximum Gasteiger partial charge on any atom is 0.244 e. The number of nitrogens with one attached hydrogen (secondary N) is 2. The van der Waals surface area contributed by atoms with E-state index in [-0.39, 0.29) is 44.6 Å². The summed E-state index contributed by atoms with van der Waals surface area (Å²) < 4.78 is 29.5. The van der Waals surface area contributed by atoms with Crippen molar-refractivity contribution in [3.63, 3.8) is 0 Å². The van der Waals surface area contributed by atoms with Crippen LogP contribution in [0.25, 0.3) is 0 Å². The number of amides is 2. The predicted molar refractivity (Wildman–Crippen MR) is 130 cm³/mol. The summed E-state index contributed by atoms with van der Waals surface area (Å²) in [4.78, 5) is 25.9. The van der Waals surface area contributed by atoms with Crippen LogP contribution in [-0.2, 0) is 19.6 Å². The zero-order valence-electron chi connectivity index (χ0n) is 19.0. The molecular formula is C24H31Cl2N3O4S. The molecule has 5 aliphatic rings. The predicted octanol–water partition coefficient (Wildman–Crippen LogP) is 3.77. The highest BCUT2D eigenvalue weighted by Gasteiger charge is 2.59. The Hall–Kier alpha value is -1.35. The van der Waals surface area contributed by atoms with Gasteiger partial charge >= 0.3 is 0 Å². The van der Waals surface area contributed by atoms with E-state index >= 15 is 0 Å². The Balaban J connectivity index is 1.40. The molecule has 34 heavy (non-hydrogen) atoms. The van der Waals surface area contributed by atoms with Gasteiger partial charge in [-0.2, -0.15) is 4.72 Å². The Labute approximate surface area is 210 Å². The maximum absolute atomic E-state index is 13.8. The van der Waals surface area contributed by atoms with E-state index in [0.717, 1.165) is 38.5 Å². The van der Waals surface area contributed by atoms with E-state index in [0.29, 0.717) is 31.6 Å². The van der Waals surface area contributed by atoms with Gasteiger partial charge in [0.15, 0.2) is 0 Å². The summed E-state index contributed by atoms with van der Waals surface area (Å²) >= 11 is 12.4. The molecule has 10 heteroatoms. The van der Waals surface area contributed by atoms with Crippen molar-refractivity contribution in [2.75, 3.05) is 0 Å². The molecule has 186 valence electrons. The van der Waals surface area contributed by atoms with Crippen molar-refractivity contribution in [3.05, 3.63) is 28.2 Å². The summed E-state index contributed by atoms with van der Waals surface area (Å²) in [5.74, 6) is 0.355. The lowest BCUT2D eigenvalue weighted by atomic mass is 9.47. The number of carbonyl (C=O) groups excluding carboxylic acids is 2. The largest absolute Gasteiger partial charge is 0.369 e. The van der Waals surface area contributed by atoms with Crippen molar-refractivity contribution in [1.82, 2.24) is 10.0 Å². The van der Waals surface area contributed by atoms with Crippen molar-refractivity contribution >= 4 is 45.0 Å². The summed E-state index contributed by atoms with van der Waals surface area (Å²) in [7, 11) is -4.14. The van der Waals surface area contributed by atoms with E-state index in [1.807, 2.05) is 0 Å². The van der Waals surface area contributed by atoms with Gasteiger partial charge in [-0.15, -0.1) is 0 Å². The lowest BCUT2D eigenvalue weighted by molar-refractivity contribution is -0.148. The molecule has 7 nitrogen and oxygen atoms in total. The average molecular weight is 529 g/mol. The fourth-order valence-electron chi connectivity index (χ4n) is 7.43. The zero-order valence-corrected chi connectivity index (χ0v) is 21.3. The van der Waals surface area contributed by atoms with E-state index in [1.54, 1.807) is 6.07 Å². The third-order valence-electron chi connectivity index (χ3n) is 8.75. The molecule has 5 saturated carbocycles. The van der Waals surface area contributed by atoms with Crippen molar-refractivity contribution in [2.45, 2.75) is 80.7 Å². The molecule has 2 atom stereocenters. The summed E-state index contributed by atoms with van der Waals surface area (Å²) in [6.07, 6.45) is 7.48. The van der Waals surface area contributed by atoms with Crippen molar-refractivity contribution in [1.29, 1.82) is 0 Å². The van der Waals surface area contributed by atoms with E-state index in [4.69, 9.17) is 28.9 Å². The number of rotatable bonds is 6. The van der Waals surface area contributed by atoms with E-state index < -0.39 is 21.0 Å². The fraction of sp³-hybridized carbons (Fsp3) is 0.667. The molecule has 2 unspecified atom stereocenters. The van der Waals surface area contributed by atoms with E-state index in [9.17, 15) is 18.0 Å². The molecule has 4 bridgehead atoms. The highest BCUT2D eigenvalue weighted by molar-refractivity contribution is 7.89. The van der Waals surface area contributed by atoms with Gasteiger partial charge in [0, 0.05) is 11.5 Å². The van der Waals surface area contributed by atoms with Crippen LogP contribution in [0.1, 0.15) is 64.2 Å². The second-order valence-electron chi connectivity index (χ2n) is 10.9. The molecule has 0 aliphatic heterocycles. The number of primary amides is 1. The van der Waals surface area contributed by atoms with Gasteiger partial charge in [-0.25, -0.2) is 8.42 Å². The summed E-state index contributed by atoms with van der Waals surface area (Å²) in [5, 5.41) is 3.28. The van der Waals surface area contributed by atoms with Crippen molar-refractivity contribution in [3.8, 4) is 0 Å². The molecule has 5 fully saturated rings. The lowest BCUT2D eigenvalue weighted by Crippen LogP contribution is -2.66. The molecule has 0 radical (unpaired) electrons. The van der Waals surface area contributed by atoms with Crippen LogP contribution in [0.3, 0.4) is 0 Å². The van der Waals surface area contributed by atoms with Crippen LogP contribution in [0, 0.1) is 23.2 Å². The Morgan fingerprint density at radius 3 is 2.12 bits per heavy atom. The molecule has 6 rings (SSSR count). The van der Waals surface area contributed by atoms with Crippen LogP contribution < -0.4 is 15.8 Å². The Morgan fingerprint density at radius 2 is 1.56 bits per heavy atom. The molecule has 4 N–H and O–H groups in total. The second kappa shape index (κ2) is 8.64. The van der Waals surface area contributed by atoms with Gasteiger partial charge in [0.2, 0.25) is 21.8 Å². The Kier molecular flexibility index (Phi) is 6.19. The van der Waals surface area contributed by atoms with Crippen molar-refractivity contribution in [2.24, 2.45) is 28.9 Å². The van der Waals surface area contributed by atoms with E-state index in [2.05, 4.69) is 10.0 Å². The van der Waals surface area contributed by atoms with Gasteiger partial charge in [0.05, 0.1) is 10.0 Å². The van der Waals surface area contributed by atoms with Crippen LogP contribution in [0.15, 0.2) is 23.1 Å². The topological polar surface area (TPSA) is 118 Å². The number of hydrogen-bond donors (Lipinski definition) is 3. The van der Waals surface area contributed by atoms with Crippen molar-refractivity contribution < 1.29 is 18.0 Å². The SMILES string of the molecule is NC(=O)C12CC3CC(C1)C(NC(=O)C1(NS(=O)(=O)c4c(Cl)cccc4Cl)CCCCC1)C(C3)C2. The van der Waals surface area contributed by atoms with Crippen LogP contribution in [0.5, 0.6) is 0 Å². The van der Waals surface area contributed by atoms with Gasteiger partial charge in [0.25, 0.3) is 0 Å². The first-order valence-electron chi connectivity index (χ1n) is 12.1. The molecule has 5 aliphatic carbocycles. The summed E-state index contributed by atoms with van der Waals surface area (Å²) in [5.41, 5.74) is 4.10. The second-order valence-corrected chi connectivity index (χ2v) is 13.3. The average Bonchev–Trinajstić information content (AvgIpc) is 2.75. The number of carbonyl (C=O) groups is 2. The van der Waals surface area contributed by atoms with Gasteiger partial charge in [-0.1, -0.05) is 48.5 Å². The molecule has 1 aromatic rings. The van der Waals surface area contributed by atoms with Gasteiger partial charge in [-0.05, 0) is 74.8 Å². The van der Waals surface area contributed by atoms with Gasteiger partial charge in [0.1, 0.15) is 10.4 Å². The minimum atomic E-state index is -4.14. The van der Waals surface area contributed by atoms with Crippen LogP contribution in [0.2, 0.25) is 10.0 Å². The first-order chi connectivity index (χ1) is 16.1. The summed E-state index contributed by atoms with van der Waals surface area (Å²) in [6.45, 7) is 0. The van der Waals surface area contributed by atoms with Crippen LogP contribution >= 0.6 is 23.2 Å². The molecular weight excluding hydrogens is 497 g/mol. The number of hydrogen-bond acceptors (Lipinski definition) is 4. The zero-order chi connectivity index (χ0) is 24.3. The lowest BCUT2D eigenvalue weighted by Gasteiger charge is -2.59. The third kappa shape index (κ3) is 4.04. The Morgan fingerprint density at radius 1 is 0.971 bits per heavy atom. The first-order valence-corrected chi connectivity index (χ1v) is 14.4. The Bertz CT molecular complexity index is 1080. The molecule has 0 saturated heterocycles. The minimum absolute atomic E-state index is 0.0177. The third-order valence-corrected chi connectivity index (χ3v) is 11.2. The normalized spacial score (nSPS) is 34.1. The highest BCUT2D eigenvalue weighted by Crippen LogP contribution is 2.60. The van der Waals surface area contributed by atoms with Gasteiger partial charge < -0.3 is 11.1 Å². The maximum atomic E-state index is 13.8. The number of sulfonamides is 1. The smallest absolute Gasteiger partial charge is 0.244 e. The summed E-state index contributed by atoms with van der Waals surface area (Å²) in [6, 6.07) is 4.46. The molecule has 0 spiro atoms. The molecule has 1 aromatic carbocycles. The molecule has 0 heterocycles.